The molecule has 0 radical (unpaired) electrons. The molecule has 3 heterocycles. The topological polar surface area (TPSA) is 71.1 Å². The lowest BCUT2D eigenvalue weighted by atomic mass is 9.88. The molecule has 5 unspecified atom stereocenters. The van der Waals surface area contributed by atoms with Gasteiger partial charge < -0.3 is 18.9 Å². The van der Waals surface area contributed by atoms with Gasteiger partial charge in [0.1, 0.15) is 11.9 Å². The number of hydrogen-bond donors (Lipinski definition) is 1. The first-order chi connectivity index (χ1) is 17.5. The number of carbonyl (C=O) groups excluding carboxylic acids is 2. The van der Waals surface area contributed by atoms with Crippen molar-refractivity contribution < 1.29 is 28.5 Å². The summed E-state index contributed by atoms with van der Waals surface area (Å²) in [5.41, 5.74) is 1.93. The van der Waals surface area contributed by atoms with Crippen LogP contribution in [0.3, 0.4) is 0 Å². The molecule has 0 spiro atoms. The summed E-state index contributed by atoms with van der Waals surface area (Å²) in [6, 6.07) is 25.4. The molecule has 36 heavy (non-hydrogen) atoms. The number of hydrogen-bond acceptors (Lipinski definition) is 6. The lowest BCUT2D eigenvalue weighted by Crippen LogP contribution is -2.40. The van der Waals surface area contributed by atoms with Crippen LogP contribution in [-0.4, -0.2) is 43.0 Å². The number of rotatable bonds is 7. The Hall–Kier alpha value is -3.29. The van der Waals surface area contributed by atoms with Gasteiger partial charge in [0.2, 0.25) is 0 Å². The highest BCUT2D eigenvalue weighted by atomic mass is 32.2. The molecule has 5 atom stereocenters. The van der Waals surface area contributed by atoms with Gasteiger partial charge >= 0.3 is 11.9 Å². The van der Waals surface area contributed by atoms with Crippen LogP contribution in [0.15, 0.2) is 87.5 Å². The molecule has 0 amide bonds. The van der Waals surface area contributed by atoms with E-state index >= 15 is 0 Å². The van der Waals surface area contributed by atoms with Crippen LogP contribution < -0.4 is 4.74 Å². The molecule has 3 aromatic rings. The van der Waals surface area contributed by atoms with Gasteiger partial charge in [-0.2, -0.15) is 10.9 Å². The Bertz CT molecular complexity index is 1230. The summed E-state index contributed by atoms with van der Waals surface area (Å²) in [6.07, 6.45) is -1.08. The van der Waals surface area contributed by atoms with E-state index in [1.54, 1.807) is 0 Å². The second-order valence-electron chi connectivity index (χ2n) is 9.54. The van der Waals surface area contributed by atoms with Crippen molar-refractivity contribution >= 4 is 22.8 Å². The van der Waals surface area contributed by atoms with Crippen LogP contribution in [0.2, 0.25) is 0 Å². The maximum atomic E-state index is 12.6. The molecule has 186 valence electrons. The molecule has 3 aliphatic rings. The average Bonchev–Trinajstić information content (AvgIpc) is 3.51. The minimum Gasteiger partial charge on any atom is -0.481 e. The predicted octanol–water partition coefficient (Wildman–Crippen LogP) is 4.79. The van der Waals surface area contributed by atoms with E-state index in [0.717, 1.165) is 11.1 Å². The van der Waals surface area contributed by atoms with Crippen molar-refractivity contribution in [3.63, 3.8) is 0 Å². The van der Waals surface area contributed by atoms with E-state index in [1.165, 1.54) is 14.7 Å². The van der Waals surface area contributed by atoms with Crippen LogP contribution in [0.5, 0.6) is 5.75 Å². The summed E-state index contributed by atoms with van der Waals surface area (Å²) in [7, 11) is -0.734. The van der Waals surface area contributed by atoms with Gasteiger partial charge in [0.05, 0.1) is 12.0 Å². The van der Waals surface area contributed by atoms with Crippen molar-refractivity contribution in [2.45, 2.75) is 59.4 Å². The highest BCUT2D eigenvalue weighted by molar-refractivity contribution is 8.17. The molecule has 0 N–H and O–H groups in total. The van der Waals surface area contributed by atoms with E-state index in [1.807, 2.05) is 26.0 Å². The Morgan fingerprint density at radius 3 is 2.14 bits per heavy atom. The third-order valence-corrected chi connectivity index (χ3v) is 9.52. The molecular weight excluding hydrogens is 476 g/mol. The van der Waals surface area contributed by atoms with E-state index in [2.05, 4.69) is 60.7 Å². The van der Waals surface area contributed by atoms with Crippen molar-refractivity contribution in [3.05, 3.63) is 83.9 Å². The van der Waals surface area contributed by atoms with Crippen LogP contribution in [0.25, 0.3) is 0 Å². The number of thiol groups is 1. The Balaban J connectivity index is 1.18. The highest BCUT2D eigenvalue weighted by Crippen LogP contribution is 2.52. The van der Waals surface area contributed by atoms with Gasteiger partial charge in [-0.1, -0.05) is 36.4 Å². The van der Waals surface area contributed by atoms with Crippen LogP contribution in [-0.2, 0) is 23.8 Å². The SMILES string of the molecule is Cc1cc([SH](c2ccccc2)c2ccccc2)cc(C)c1OCC(=O)OC1C2CC3C(=O)OC1C3O2. The molecule has 3 aromatic carbocycles. The van der Waals surface area contributed by atoms with E-state index in [9.17, 15) is 9.59 Å². The summed E-state index contributed by atoms with van der Waals surface area (Å²) in [5.74, 6) is -0.274. The predicted molar refractivity (Wildman–Crippen MR) is 135 cm³/mol. The fourth-order valence-electron chi connectivity index (χ4n) is 5.58. The minimum absolute atomic E-state index is 0.215. The van der Waals surface area contributed by atoms with Crippen molar-refractivity contribution in [2.24, 2.45) is 5.92 Å². The van der Waals surface area contributed by atoms with E-state index in [4.69, 9.17) is 18.9 Å². The minimum atomic E-state index is -0.734. The van der Waals surface area contributed by atoms with Gasteiger partial charge in [-0.05, 0) is 82.5 Å². The first kappa shape index (κ1) is 23.1. The lowest BCUT2D eigenvalue weighted by molar-refractivity contribution is -0.162. The van der Waals surface area contributed by atoms with Crippen LogP contribution in [0.1, 0.15) is 17.5 Å². The summed E-state index contributed by atoms with van der Waals surface area (Å²) in [5, 5.41) is 0. The Kier molecular flexibility index (Phi) is 5.97. The number of ether oxygens (including phenoxy) is 4. The number of benzene rings is 3. The van der Waals surface area contributed by atoms with Gasteiger partial charge in [-0.3, -0.25) is 4.79 Å². The quantitative estimate of drug-likeness (QED) is 0.369. The molecule has 3 aliphatic heterocycles. The second kappa shape index (κ2) is 9.30. The Labute approximate surface area is 212 Å². The fourth-order valence-corrected chi connectivity index (χ4v) is 8.06. The first-order valence-electron chi connectivity index (χ1n) is 12.2. The normalized spacial score (nSPS) is 26.0. The van der Waals surface area contributed by atoms with Crippen molar-refractivity contribution in [3.8, 4) is 5.75 Å². The summed E-state index contributed by atoms with van der Waals surface area (Å²) >= 11 is 0. The van der Waals surface area contributed by atoms with E-state index < -0.39 is 29.1 Å². The Morgan fingerprint density at radius 1 is 0.917 bits per heavy atom. The van der Waals surface area contributed by atoms with Crippen LogP contribution >= 0.6 is 10.9 Å². The zero-order valence-electron chi connectivity index (χ0n) is 20.1. The molecule has 3 fully saturated rings. The van der Waals surface area contributed by atoms with Crippen LogP contribution in [0.4, 0.5) is 0 Å². The molecule has 6 nitrogen and oxygen atoms in total. The molecule has 0 aromatic heterocycles. The van der Waals surface area contributed by atoms with Gasteiger partial charge in [-0.15, -0.1) is 0 Å². The second-order valence-corrected chi connectivity index (χ2v) is 11.8. The number of aryl methyl sites for hydroxylation is 2. The average molecular weight is 505 g/mol. The molecule has 3 saturated heterocycles. The highest BCUT2D eigenvalue weighted by Gasteiger charge is 2.65. The van der Waals surface area contributed by atoms with Gasteiger partial charge in [-0.25, -0.2) is 4.79 Å². The summed E-state index contributed by atoms with van der Waals surface area (Å²) in [6.45, 7) is 3.79. The molecule has 0 saturated carbocycles. The molecular formula is C29H28O6S. The third-order valence-electron chi connectivity index (χ3n) is 7.12. The summed E-state index contributed by atoms with van der Waals surface area (Å²) in [4.78, 5) is 28.3. The summed E-state index contributed by atoms with van der Waals surface area (Å²) < 4.78 is 22.8. The number of carbonyl (C=O) groups is 2. The standard InChI is InChI=1S/C29H28O6S/c1-17-13-21(36(19-9-5-3-6-10-19)20-11-7-4-8-12-20)14-18(2)25(17)32-16-24(30)34-27-23-15-22-26(33-23)28(27)35-29(22)31/h3-14,22-23,26-28,36H,15-16H2,1-2H3. The van der Waals surface area contributed by atoms with Crippen molar-refractivity contribution in [2.75, 3.05) is 6.61 Å². The molecule has 0 aliphatic carbocycles. The fraction of sp³-hybridized carbons (Fsp3) is 0.310. The molecule has 6 rings (SSSR count). The largest absolute Gasteiger partial charge is 0.481 e. The van der Waals surface area contributed by atoms with Gasteiger partial charge in [0, 0.05) is 0 Å². The van der Waals surface area contributed by atoms with Crippen molar-refractivity contribution in [1.29, 1.82) is 0 Å². The van der Waals surface area contributed by atoms with Crippen molar-refractivity contribution in [1.82, 2.24) is 0 Å². The van der Waals surface area contributed by atoms with Crippen LogP contribution in [0, 0.1) is 19.8 Å². The first-order valence-corrected chi connectivity index (χ1v) is 13.5. The Morgan fingerprint density at radius 2 is 1.53 bits per heavy atom. The number of fused-ring (bicyclic) bond motifs is 1. The van der Waals surface area contributed by atoms with Gasteiger partial charge in [0.15, 0.2) is 18.8 Å². The van der Waals surface area contributed by atoms with E-state index in [-0.39, 0.29) is 30.7 Å². The van der Waals surface area contributed by atoms with E-state index in [0.29, 0.717) is 12.2 Å². The number of esters is 2. The third kappa shape index (κ3) is 4.06. The molecule has 2 bridgehead atoms. The van der Waals surface area contributed by atoms with Gasteiger partial charge in [0.25, 0.3) is 0 Å². The maximum absolute atomic E-state index is 12.6. The smallest absolute Gasteiger partial charge is 0.344 e. The lowest BCUT2D eigenvalue weighted by Gasteiger charge is -2.25. The maximum Gasteiger partial charge on any atom is 0.344 e. The molecule has 7 heteroatoms. The monoisotopic (exact) mass is 504 g/mol. The zero-order chi connectivity index (χ0) is 24.8. The zero-order valence-corrected chi connectivity index (χ0v) is 21.0.